The van der Waals surface area contributed by atoms with Gasteiger partial charge in [0.15, 0.2) is 0 Å². The lowest BCUT2D eigenvalue weighted by Gasteiger charge is -2.33. The third-order valence-electron chi connectivity index (χ3n) is 5.53. The van der Waals surface area contributed by atoms with E-state index in [1.165, 1.54) is 7.11 Å². The average molecular weight is 425 g/mol. The van der Waals surface area contributed by atoms with Crippen LogP contribution in [0.25, 0.3) is 0 Å². The molecule has 8 nitrogen and oxygen atoms in total. The van der Waals surface area contributed by atoms with Crippen molar-refractivity contribution in [1.29, 1.82) is 0 Å². The number of nitrogens with one attached hydrogen (secondary N) is 1. The van der Waals surface area contributed by atoms with Crippen molar-refractivity contribution in [2.24, 2.45) is 0 Å². The molecule has 0 aliphatic carbocycles. The highest BCUT2D eigenvalue weighted by atomic mass is 16.5. The molecule has 2 saturated heterocycles. The first-order chi connectivity index (χ1) is 15.2. The fourth-order valence-corrected chi connectivity index (χ4v) is 3.78. The van der Waals surface area contributed by atoms with Crippen molar-refractivity contribution < 1.29 is 23.8 Å². The number of hydrogen-bond donors (Lipinski definition) is 1. The lowest BCUT2D eigenvalue weighted by atomic mass is 10.1. The molecule has 8 heteroatoms. The number of benzene rings is 2. The molecular weight excluding hydrogens is 398 g/mol. The first kappa shape index (κ1) is 21.1. The standard InChI is InChI=1S/C23H27N3O5/c1-29-23(28)18-4-2-17(3-5-18)22(27)24-20-7-6-19(25-8-12-30-13-9-25)16-21(20)26-10-14-31-15-11-26/h2-7,16H,8-15H2,1H3,(H,24,27). The summed E-state index contributed by atoms with van der Waals surface area (Å²) in [4.78, 5) is 29.0. The first-order valence-electron chi connectivity index (χ1n) is 10.4. The minimum atomic E-state index is -0.430. The molecule has 0 atom stereocenters. The van der Waals surface area contributed by atoms with Crippen LogP contribution in [0.2, 0.25) is 0 Å². The molecule has 2 aliphatic heterocycles. The lowest BCUT2D eigenvalue weighted by molar-refractivity contribution is 0.0600. The molecule has 2 aliphatic rings. The van der Waals surface area contributed by atoms with Crippen LogP contribution in [-0.4, -0.2) is 71.6 Å². The van der Waals surface area contributed by atoms with Gasteiger partial charge in [-0.25, -0.2) is 4.79 Å². The van der Waals surface area contributed by atoms with E-state index in [0.717, 1.165) is 43.2 Å². The van der Waals surface area contributed by atoms with E-state index < -0.39 is 5.97 Å². The number of anilines is 3. The van der Waals surface area contributed by atoms with Gasteiger partial charge >= 0.3 is 5.97 Å². The SMILES string of the molecule is COC(=O)c1ccc(C(=O)Nc2ccc(N3CCOCC3)cc2N2CCOCC2)cc1. The summed E-state index contributed by atoms with van der Waals surface area (Å²) in [6.07, 6.45) is 0. The van der Waals surface area contributed by atoms with Crippen molar-refractivity contribution in [2.45, 2.75) is 0 Å². The summed E-state index contributed by atoms with van der Waals surface area (Å²) in [5, 5.41) is 3.04. The second-order valence-corrected chi connectivity index (χ2v) is 7.42. The Kier molecular flexibility index (Phi) is 6.69. The predicted molar refractivity (Wildman–Crippen MR) is 118 cm³/mol. The summed E-state index contributed by atoms with van der Waals surface area (Å²) in [7, 11) is 1.33. The number of morpholine rings is 2. The Labute approximate surface area is 181 Å². The molecule has 1 N–H and O–H groups in total. The quantitative estimate of drug-likeness (QED) is 0.737. The normalized spacial score (nSPS) is 16.7. The zero-order valence-corrected chi connectivity index (χ0v) is 17.6. The number of hydrogen-bond acceptors (Lipinski definition) is 7. The summed E-state index contributed by atoms with van der Waals surface area (Å²) in [6, 6.07) is 12.5. The molecule has 0 aromatic heterocycles. The van der Waals surface area contributed by atoms with Crippen LogP contribution in [0.3, 0.4) is 0 Å². The topological polar surface area (TPSA) is 80.3 Å². The zero-order chi connectivity index (χ0) is 21.6. The van der Waals surface area contributed by atoms with Crippen molar-refractivity contribution >= 4 is 28.9 Å². The summed E-state index contributed by atoms with van der Waals surface area (Å²) < 4.78 is 15.7. The minimum absolute atomic E-state index is 0.231. The van der Waals surface area contributed by atoms with E-state index in [4.69, 9.17) is 14.2 Å². The summed E-state index contributed by atoms with van der Waals surface area (Å²) >= 11 is 0. The van der Waals surface area contributed by atoms with Crippen LogP contribution in [0, 0.1) is 0 Å². The van der Waals surface area contributed by atoms with Gasteiger partial charge in [0, 0.05) is 37.4 Å². The van der Waals surface area contributed by atoms with Gasteiger partial charge in [0.05, 0.1) is 50.5 Å². The maximum Gasteiger partial charge on any atom is 0.337 e. The van der Waals surface area contributed by atoms with Gasteiger partial charge in [-0.15, -0.1) is 0 Å². The highest BCUT2D eigenvalue weighted by molar-refractivity contribution is 6.06. The molecular formula is C23H27N3O5. The van der Waals surface area contributed by atoms with Crippen molar-refractivity contribution in [3.8, 4) is 0 Å². The van der Waals surface area contributed by atoms with E-state index in [2.05, 4.69) is 21.2 Å². The molecule has 31 heavy (non-hydrogen) atoms. The summed E-state index contributed by atoms with van der Waals surface area (Å²) in [5.41, 5.74) is 3.72. The Morgan fingerprint density at radius 1 is 0.839 bits per heavy atom. The largest absolute Gasteiger partial charge is 0.465 e. The van der Waals surface area contributed by atoms with E-state index in [9.17, 15) is 9.59 Å². The fraction of sp³-hybridized carbons (Fsp3) is 0.391. The lowest BCUT2D eigenvalue weighted by Crippen LogP contribution is -2.38. The molecule has 2 aromatic rings. The van der Waals surface area contributed by atoms with Crippen molar-refractivity contribution in [3.63, 3.8) is 0 Å². The van der Waals surface area contributed by atoms with Crippen LogP contribution >= 0.6 is 0 Å². The number of rotatable bonds is 5. The van der Waals surface area contributed by atoms with Gasteiger partial charge in [0.25, 0.3) is 5.91 Å². The van der Waals surface area contributed by atoms with Crippen molar-refractivity contribution in [2.75, 3.05) is 74.8 Å². The van der Waals surface area contributed by atoms with Gasteiger partial charge in [-0.3, -0.25) is 4.79 Å². The Morgan fingerprint density at radius 3 is 2.03 bits per heavy atom. The molecule has 0 saturated carbocycles. The van der Waals surface area contributed by atoms with Gasteiger partial charge < -0.3 is 29.3 Å². The highest BCUT2D eigenvalue weighted by Gasteiger charge is 2.20. The van der Waals surface area contributed by atoms with Crippen molar-refractivity contribution in [3.05, 3.63) is 53.6 Å². The smallest absolute Gasteiger partial charge is 0.337 e. The van der Waals surface area contributed by atoms with Crippen LogP contribution < -0.4 is 15.1 Å². The van der Waals surface area contributed by atoms with Crippen LogP contribution in [0.1, 0.15) is 20.7 Å². The molecule has 4 rings (SSSR count). The average Bonchev–Trinajstić information content (AvgIpc) is 2.85. The van der Waals surface area contributed by atoms with E-state index in [0.29, 0.717) is 37.6 Å². The third kappa shape index (κ3) is 4.98. The Hall–Kier alpha value is -3.10. The Morgan fingerprint density at radius 2 is 1.42 bits per heavy atom. The Bertz CT molecular complexity index is 919. The minimum Gasteiger partial charge on any atom is -0.465 e. The molecule has 0 bridgehead atoms. The van der Waals surface area contributed by atoms with Crippen LogP contribution in [-0.2, 0) is 14.2 Å². The fourth-order valence-electron chi connectivity index (χ4n) is 3.78. The first-order valence-corrected chi connectivity index (χ1v) is 10.4. The summed E-state index contributed by atoms with van der Waals surface area (Å²) in [5.74, 6) is -0.662. The zero-order valence-electron chi connectivity index (χ0n) is 17.6. The van der Waals surface area contributed by atoms with Gasteiger partial charge in [-0.05, 0) is 42.5 Å². The van der Waals surface area contributed by atoms with Gasteiger partial charge in [0.2, 0.25) is 0 Å². The number of carbonyl (C=O) groups excluding carboxylic acids is 2. The van der Waals surface area contributed by atoms with Crippen molar-refractivity contribution in [1.82, 2.24) is 0 Å². The number of carbonyl (C=O) groups is 2. The molecule has 164 valence electrons. The summed E-state index contributed by atoms with van der Waals surface area (Å²) in [6.45, 7) is 5.97. The van der Waals surface area contributed by atoms with Crippen LogP contribution in [0.15, 0.2) is 42.5 Å². The molecule has 2 aromatic carbocycles. The highest BCUT2D eigenvalue weighted by Crippen LogP contribution is 2.32. The van der Waals surface area contributed by atoms with E-state index in [-0.39, 0.29) is 5.91 Å². The second-order valence-electron chi connectivity index (χ2n) is 7.42. The number of amides is 1. The second kappa shape index (κ2) is 9.80. The van der Waals surface area contributed by atoms with Gasteiger partial charge in [-0.1, -0.05) is 0 Å². The molecule has 0 spiro atoms. The van der Waals surface area contributed by atoms with Crippen LogP contribution in [0.5, 0.6) is 0 Å². The predicted octanol–water partition coefficient (Wildman–Crippen LogP) is 2.40. The number of esters is 1. The van der Waals surface area contributed by atoms with Crippen LogP contribution in [0.4, 0.5) is 17.1 Å². The number of methoxy groups -OCH3 is 1. The Balaban J connectivity index is 1.57. The molecule has 2 fully saturated rings. The third-order valence-corrected chi connectivity index (χ3v) is 5.53. The molecule has 1 amide bonds. The number of ether oxygens (including phenoxy) is 3. The van der Waals surface area contributed by atoms with E-state index >= 15 is 0 Å². The van der Waals surface area contributed by atoms with E-state index in [1.807, 2.05) is 12.1 Å². The molecule has 0 radical (unpaired) electrons. The van der Waals surface area contributed by atoms with E-state index in [1.54, 1.807) is 24.3 Å². The maximum atomic E-state index is 12.9. The van der Waals surface area contributed by atoms with Gasteiger partial charge in [-0.2, -0.15) is 0 Å². The monoisotopic (exact) mass is 425 g/mol. The molecule has 0 unspecified atom stereocenters. The maximum absolute atomic E-state index is 12.9. The van der Waals surface area contributed by atoms with Gasteiger partial charge in [0.1, 0.15) is 0 Å². The molecule has 2 heterocycles. The number of nitrogens with zero attached hydrogens (tertiary/aromatic N) is 2.